The molecule has 1 aromatic rings. The van der Waals surface area contributed by atoms with E-state index in [-0.39, 0.29) is 6.10 Å². The number of nitrogens with zero attached hydrogens (tertiary/aromatic N) is 1. The average molecular weight is 236 g/mol. The molecule has 1 unspecified atom stereocenters. The molecule has 1 aliphatic rings. The molecule has 1 saturated heterocycles. The molecule has 1 fully saturated rings. The Kier molecular flexibility index (Phi) is 3.88. The van der Waals surface area contributed by atoms with E-state index in [9.17, 15) is 0 Å². The van der Waals surface area contributed by atoms with Crippen LogP contribution in [0, 0.1) is 0 Å². The molecule has 1 aliphatic heterocycles. The van der Waals surface area contributed by atoms with Gasteiger partial charge in [-0.2, -0.15) is 0 Å². The fraction of sp³-hybridized carbons (Fsp3) is 0.417. The van der Waals surface area contributed by atoms with Crippen LogP contribution in [0.5, 0.6) is 0 Å². The predicted octanol–water partition coefficient (Wildman–Crippen LogP) is 1.17. The van der Waals surface area contributed by atoms with Crippen molar-refractivity contribution in [1.29, 1.82) is 0 Å². The summed E-state index contributed by atoms with van der Waals surface area (Å²) in [6, 6.07) is 10.4. The Morgan fingerprint density at radius 3 is 2.88 bits per heavy atom. The van der Waals surface area contributed by atoms with Crippen LogP contribution in [0.25, 0.3) is 0 Å². The second-order valence-corrected chi connectivity index (χ2v) is 4.45. The molecule has 0 spiro atoms. The summed E-state index contributed by atoms with van der Waals surface area (Å²) in [5.74, 6) is 0. The van der Waals surface area contributed by atoms with Gasteiger partial charge in [-0.15, -0.1) is 0 Å². The number of benzene rings is 1. The number of hydrogen-bond donors (Lipinski definition) is 1. The van der Waals surface area contributed by atoms with Crippen molar-refractivity contribution in [2.24, 2.45) is 5.73 Å². The summed E-state index contributed by atoms with van der Waals surface area (Å²) < 4.78 is 5.50. The summed E-state index contributed by atoms with van der Waals surface area (Å²) >= 11 is 4.96. The summed E-state index contributed by atoms with van der Waals surface area (Å²) in [6.07, 6.45) is -0.0903. The molecular formula is C12H16N2OS. The third-order valence-electron chi connectivity index (χ3n) is 2.72. The van der Waals surface area contributed by atoms with E-state index in [1.165, 1.54) is 5.56 Å². The van der Waals surface area contributed by atoms with Gasteiger partial charge >= 0.3 is 0 Å². The molecule has 1 aromatic carbocycles. The molecule has 0 amide bonds. The molecule has 0 saturated carbocycles. The predicted molar refractivity (Wildman–Crippen MR) is 68.2 cm³/mol. The van der Waals surface area contributed by atoms with Gasteiger partial charge in [-0.1, -0.05) is 42.5 Å². The molecule has 0 radical (unpaired) electrons. The van der Waals surface area contributed by atoms with Crippen molar-refractivity contribution in [3.63, 3.8) is 0 Å². The summed E-state index contributed by atoms with van der Waals surface area (Å²) in [6.45, 7) is 3.37. The van der Waals surface area contributed by atoms with E-state index < -0.39 is 0 Å². The van der Waals surface area contributed by atoms with E-state index in [0.29, 0.717) is 11.6 Å². The molecule has 2 rings (SSSR count). The number of nitrogens with two attached hydrogens (primary N) is 1. The van der Waals surface area contributed by atoms with Gasteiger partial charge in [0, 0.05) is 19.6 Å². The second kappa shape index (κ2) is 5.39. The summed E-state index contributed by atoms with van der Waals surface area (Å²) in [5.41, 5.74) is 6.91. The largest absolute Gasteiger partial charge is 0.391 e. The molecule has 0 bridgehead atoms. The average Bonchev–Trinajstić information content (AvgIpc) is 2.30. The smallest absolute Gasteiger partial charge is 0.120 e. The normalized spacial score (nSPS) is 21.9. The van der Waals surface area contributed by atoms with Crippen LogP contribution in [0.3, 0.4) is 0 Å². The van der Waals surface area contributed by atoms with E-state index in [2.05, 4.69) is 29.2 Å². The van der Waals surface area contributed by atoms with Crippen molar-refractivity contribution in [1.82, 2.24) is 4.90 Å². The highest BCUT2D eigenvalue weighted by Crippen LogP contribution is 2.10. The summed E-state index contributed by atoms with van der Waals surface area (Å²) in [4.78, 5) is 2.78. The zero-order valence-electron chi connectivity index (χ0n) is 9.13. The fourth-order valence-corrected chi connectivity index (χ4v) is 2.00. The van der Waals surface area contributed by atoms with Crippen molar-refractivity contribution in [2.45, 2.75) is 12.6 Å². The Morgan fingerprint density at radius 1 is 1.44 bits per heavy atom. The number of morpholine rings is 1. The molecule has 0 aliphatic carbocycles. The number of rotatable bonds is 3. The number of ether oxygens (including phenoxy) is 1. The molecule has 1 heterocycles. The summed E-state index contributed by atoms with van der Waals surface area (Å²) in [7, 11) is 0. The van der Waals surface area contributed by atoms with Gasteiger partial charge in [0.15, 0.2) is 0 Å². The van der Waals surface area contributed by atoms with Crippen molar-refractivity contribution < 1.29 is 4.74 Å². The molecule has 4 heteroatoms. The highest BCUT2D eigenvalue weighted by molar-refractivity contribution is 7.80. The topological polar surface area (TPSA) is 38.5 Å². The van der Waals surface area contributed by atoms with E-state index in [1.807, 2.05) is 6.07 Å². The molecule has 2 N–H and O–H groups in total. The highest BCUT2D eigenvalue weighted by Gasteiger charge is 2.22. The minimum absolute atomic E-state index is 0.0903. The van der Waals surface area contributed by atoms with E-state index in [4.69, 9.17) is 22.7 Å². The van der Waals surface area contributed by atoms with Crippen LogP contribution >= 0.6 is 12.2 Å². The van der Waals surface area contributed by atoms with E-state index >= 15 is 0 Å². The van der Waals surface area contributed by atoms with Gasteiger partial charge in [0.05, 0.1) is 6.61 Å². The molecule has 1 atom stereocenters. The van der Waals surface area contributed by atoms with Crippen molar-refractivity contribution in [2.75, 3.05) is 19.7 Å². The van der Waals surface area contributed by atoms with Crippen molar-refractivity contribution in [3.05, 3.63) is 35.9 Å². The monoisotopic (exact) mass is 236 g/mol. The zero-order chi connectivity index (χ0) is 11.4. The van der Waals surface area contributed by atoms with Crippen LogP contribution in [0.1, 0.15) is 5.56 Å². The van der Waals surface area contributed by atoms with E-state index in [1.54, 1.807) is 0 Å². The van der Waals surface area contributed by atoms with Crippen LogP contribution in [0.15, 0.2) is 30.3 Å². The lowest BCUT2D eigenvalue weighted by Gasteiger charge is -2.32. The zero-order valence-corrected chi connectivity index (χ0v) is 9.95. The maximum absolute atomic E-state index is 5.60. The number of thiocarbonyl (C=S) groups is 1. The first-order valence-electron chi connectivity index (χ1n) is 5.43. The lowest BCUT2D eigenvalue weighted by atomic mass is 10.2. The Labute approximate surface area is 101 Å². The van der Waals surface area contributed by atoms with Crippen LogP contribution in [-0.2, 0) is 11.3 Å². The Hall–Kier alpha value is -0.970. The van der Waals surface area contributed by atoms with Crippen molar-refractivity contribution in [3.8, 4) is 0 Å². The molecule has 16 heavy (non-hydrogen) atoms. The molecule has 0 aromatic heterocycles. The first-order chi connectivity index (χ1) is 7.75. The fourth-order valence-electron chi connectivity index (χ4n) is 1.86. The van der Waals surface area contributed by atoms with Gasteiger partial charge in [-0.25, -0.2) is 0 Å². The van der Waals surface area contributed by atoms with Gasteiger partial charge in [0.1, 0.15) is 11.1 Å². The van der Waals surface area contributed by atoms with E-state index in [0.717, 1.165) is 19.6 Å². The SMILES string of the molecule is NC(=S)C1CN(Cc2ccccc2)CCO1. The third kappa shape index (κ3) is 3.01. The third-order valence-corrected chi connectivity index (χ3v) is 2.98. The van der Waals surface area contributed by atoms with Gasteiger partial charge in [0.2, 0.25) is 0 Å². The van der Waals surface area contributed by atoms with Gasteiger partial charge in [0.25, 0.3) is 0 Å². The van der Waals surface area contributed by atoms with Crippen LogP contribution in [-0.4, -0.2) is 35.7 Å². The van der Waals surface area contributed by atoms with Gasteiger partial charge in [-0.05, 0) is 5.56 Å². The lowest BCUT2D eigenvalue weighted by molar-refractivity contribution is 0.00391. The van der Waals surface area contributed by atoms with Gasteiger partial charge < -0.3 is 10.5 Å². The Bertz CT molecular complexity index is 355. The Morgan fingerprint density at radius 2 is 2.19 bits per heavy atom. The molecular weight excluding hydrogens is 220 g/mol. The minimum atomic E-state index is -0.0903. The standard InChI is InChI=1S/C12H16N2OS/c13-12(16)11-9-14(6-7-15-11)8-10-4-2-1-3-5-10/h1-5,11H,6-9H2,(H2,13,16). The second-order valence-electron chi connectivity index (χ2n) is 3.98. The van der Waals surface area contributed by atoms with Gasteiger partial charge in [-0.3, -0.25) is 4.90 Å². The minimum Gasteiger partial charge on any atom is -0.391 e. The maximum atomic E-state index is 5.60. The number of hydrogen-bond acceptors (Lipinski definition) is 3. The highest BCUT2D eigenvalue weighted by atomic mass is 32.1. The molecule has 86 valence electrons. The van der Waals surface area contributed by atoms with Crippen LogP contribution in [0.2, 0.25) is 0 Å². The first kappa shape index (κ1) is 11.5. The first-order valence-corrected chi connectivity index (χ1v) is 5.84. The van der Waals surface area contributed by atoms with Crippen LogP contribution in [0.4, 0.5) is 0 Å². The van der Waals surface area contributed by atoms with Crippen molar-refractivity contribution >= 4 is 17.2 Å². The lowest BCUT2D eigenvalue weighted by Crippen LogP contribution is -2.47. The quantitative estimate of drug-likeness (QED) is 0.800. The van der Waals surface area contributed by atoms with Crippen LogP contribution < -0.4 is 5.73 Å². The maximum Gasteiger partial charge on any atom is 0.120 e. The summed E-state index contributed by atoms with van der Waals surface area (Å²) in [5, 5.41) is 0. The molecule has 3 nitrogen and oxygen atoms in total. The Balaban J connectivity index is 1.93.